The van der Waals surface area contributed by atoms with Gasteiger partial charge in [-0.2, -0.15) is 0 Å². The van der Waals surface area contributed by atoms with E-state index < -0.39 is 12.2 Å². The van der Waals surface area contributed by atoms with Gasteiger partial charge in [-0.1, -0.05) is 26.8 Å². The smallest absolute Gasteiger partial charge is 0.428 e. The summed E-state index contributed by atoms with van der Waals surface area (Å²) in [5, 5.41) is 2.57. The number of hydrogen-bond donors (Lipinski definition) is 0. The summed E-state index contributed by atoms with van der Waals surface area (Å²) in [6, 6.07) is -0.611. The molecule has 3 aliphatic rings. The second kappa shape index (κ2) is 4.97. The molecular formula is C16H22N2O5. The average molecular weight is 322 g/mol. The Hall–Kier alpha value is -2.05. The normalized spacial score (nSPS) is 32.0. The summed E-state index contributed by atoms with van der Waals surface area (Å²) in [5.74, 6) is -0.288. The Balaban J connectivity index is 2.00. The summed E-state index contributed by atoms with van der Waals surface area (Å²) in [5.41, 5.74) is 0.520. The van der Waals surface area contributed by atoms with E-state index in [4.69, 9.17) is 9.47 Å². The van der Waals surface area contributed by atoms with Crippen LogP contribution >= 0.6 is 0 Å². The number of carbonyl (C=O) groups excluding carboxylic acids is 3. The molecule has 3 rings (SSSR count). The molecule has 0 spiro atoms. The summed E-state index contributed by atoms with van der Waals surface area (Å²) >= 11 is 0. The SMILES string of the molecule is COC(=O)N1[C@@H]2C[C@@H]([C@H]3C(=O)C(C(C)(C)C)=C[C@H]32)N1C(=O)OC. The van der Waals surface area contributed by atoms with Crippen molar-refractivity contribution in [1.82, 2.24) is 10.0 Å². The zero-order valence-corrected chi connectivity index (χ0v) is 14.0. The number of ketones is 1. The number of carbonyl (C=O) groups is 3. The van der Waals surface area contributed by atoms with Crippen LogP contribution in [0.25, 0.3) is 0 Å². The van der Waals surface area contributed by atoms with Crippen molar-refractivity contribution in [3.8, 4) is 0 Å². The van der Waals surface area contributed by atoms with Gasteiger partial charge in [0, 0.05) is 5.92 Å². The van der Waals surface area contributed by atoms with Crippen LogP contribution in [0.3, 0.4) is 0 Å². The molecule has 126 valence electrons. The van der Waals surface area contributed by atoms with Crippen molar-refractivity contribution in [3.05, 3.63) is 11.6 Å². The van der Waals surface area contributed by atoms with E-state index in [9.17, 15) is 14.4 Å². The molecule has 7 nitrogen and oxygen atoms in total. The Morgan fingerprint density at radius 1 is 1.09 bits per heavy atom. The molecule has 0 N–H and O–H groups in total. The number of amides is 2. The Morgan fingerprint density at radius 2 is 1.61 bits per heavy atom. The number of ether oxygens (including phenoxy) is 2. The molecule has 1 aliphatic heterocycles. The minimum Gasteiger partial charge on any atom is -0.452 e. The van der Waals surface area contributed by atoms with E-state index in [-0.39, 0.29) is 35.1 Å². The van der Waals surface area contributed by atoms with Crippen molar-refractivity contribution >= 4 is 18.0 Å². The quantitative estimate of drug-likeness (QED) is 0.681. The zero-order chi connectivity index (χ0) is 17.1. The first kappa shape index (κ1) is 15.8. The first-order chi connectivity index (χ1) is 10.7. The third-order valence-corrected chi connectivity index (χ3v) is 5.08. The highest BCUT2D eigenvalue weighted by Gasteiger charge is 2.64. The van der Waals surface area contributed by atoms with Gasteiger partial charge >= 0.3 is 12.2 Å². The minimum absolute atomic E-state index is 0.0678. The Bertz CT molecular complexity index is 606. The van der Waals surface area contributed by atoms with Crippen LogP contribution in [0.2, 0.25) is 0 Å². The van der Waals surface area contributed by atoms with E-state index in [1.807, 2.05) is 26.8 Å². The molecular weight excluding hydrogens is 300 g/mol. The standard InChI is InChI=1S/C16H22N2O5/c1-16(2,3)9-6-8-10-7-11(12(8)13(9)19)18(15(21)23-5)17(10)14(20)22-4/h6,8,10-12H,7H2,1-5H3/t8-,10+,11-,12-/m0/s1. The predicted octanol–water partition coefficient (Wildman–Crippen LogP) is 1.98. The van der Waals surface area contributed by atoms with Gasteiger partial charge in [0.1, 0.15) is 0 Å². The van der Waals surface area contributed by atoms with E-state index >= 15 is 0 Å². The number of Topliss-reactive ketones (excluding diaryl/α,β-unsaturated/α-hetero) is 1. The average Bonchev–Trinajstić information content (AvgIpc) is 3.13. The molecule has 0 aromatic carbocycles. The first-order valence-corrected chi connectivity index (χ1v) is 7.73. The monoisotopic (exact) mass is 322 g/mol. The van der Waals surface area contributed by atoms with E-state index in [0.29, 0.717) is 6.42 Å². The number of hydrogen-bond acceptors (Lipinski definition) is 5. The highest BCUT2D eigenvalue weighted by atomic mass is 16.6. The van der Waals surface area contributed by atoms with Gasteiger partial charge in [0.05, 0.1) is 32.2 Å². The molecule has 2 fully saturated rings. The maximum atomic E-state index is 12.8. The molecule has 7 heteroatoms. The molecule has 1 heterocycles. The van der Waals surface area contributed by atoms with E-state index in [1.54, 1.807) is 0 Å². The van der Waals surface area contributed by atoms with E-state index in [0.717, 1.165) is 5.57 Å². The predicted molar refractivity (Wildman–Crippen MR) is 80.2 cm³/mol. The summed E-state index contributed by atoms with van der Waals surface area (Å²) < 4.78 is 9.61. The van der Waals surface area contributed by atoms with Gasteiger partial charge in [-0.15, -0.1) is 0 Å². The van der Waals surface area contributed by atoms with Crippen LogP contribution in [0.5, 0.6) is 0 Å². The highest BCUT2D eigenvalue weighted by molar-refractivity contribution is 6.02. The van der Waals surface area contributed by atoms with Crippen molar-refractivity contribution in [3.63, 3.8) is 0 Å². The summed E-state index contributed by atoms with van der Waals surface area (Å²) in [6.07, 6.45) is 1.31. The van der Waals surface area contributed by atoms with Crippen molar-refractivity contribution < 1.29 is 23.9 Å². The van der Waals surface area contributed by atoms with Gasteiger partial charge in [0.2, 0.25) is 0 Å². The maximum absolute atomic E-state index is 12.8. The number of fused-ring (bicyclic) bond motifs is 5. The fraction of sp³-hybridized carbons (Fsp3) is 0.688. The fourth-order valence-electron chi connectivity index (χ4n) is 4.15. The zero-order valence-electron chi connectivity index (χ0n) is 14.0. The minimum atomic E-state index is -0.640. The third kappa shape index (κ3) is 2.05. The number of rotatable bonds is 0. The molecule has 2 aliphatic carbocycles. The van der Waals surface area contributed by atoms with Gasteiger partial charge in [0.15, 0.2) is 5.78 Å². The van der Waals surface area contributed by atoms with Crippen LogP contribution in [0, 0.1) is 17.3 Å². The molecule has 1 saturated carbocycles. The lowest BCUT2D eigenvalue weighted by molar-refractivity contribution is -0.126. The highest BCUT2D eigenvalue weighted by Crippen LogP contribution is 2.53. The Kier molecular flexibility index (Phi) is 3.42. The number of allylic oxidation sites excluding steroid dienone is 1. The van der Waals surface area contributed by atoms with Gasteiger partial charge in [-0.3, -0.25) is 4.79 Å². The Labute approximate surface area is 135 Å². The van der Waals surface area contributed by atoms with Gasteiger partial charge in [-0.05, 0) is 17.4 Å². The molecule has 2 bridgehead atoms. The molecule has 0 aromatic rings. The second-order valence-electron chi connectivity index (χ2n) is 7.30. The van der Waals surface area contributed by atoms with Crippen molar-refractivity contribution in [1.29, 1.82) is 0 Å². The first-order valence-electron chi connectivity index (χ1n) is 7.73. The summed E-state index contributed by atoms with van der Waals surface area (Å²) in [4.78, 5) is 37.1. The van der Waals surface area contributed by atoms with Crippen LogP contribution in [0.15, 0.2) is 11.6 Å². The topological polar surface area (TPSA) is 76.2 Å². The van der Waals surface area contributed by atoms with Crippen LogP contribution < -0.4 is 0 Å². The number of nitrogens with zero attached hydrogens (tertiary/aromatic N) is 2. The lowest BCUT2D eigenvalue weighted by atomic mass is 9.83. The number of methoxy groups -OCH3 is 2. The fourth-order valence-corrected chi connectivity index (χ4v) is 4.15. The molecule has 0 radical (unpaired) electrons. The summed E-state index contributed by atoms with van der Waals surface area (Å²) in [6.45, 7) is 5.99. The van der Waals surface area contributed by atoms with Gasteiger partial charge < -0.3 is 9.47 Å². The number of hydrazine groups is 1. The largest absolute Gasteiger partial charge is 0.452 e. The molecule has 0 unspecified atom stereocenters. The Morgan fingerprint density at radius 3 is 2.09 bits per heavy atom. The van der Waals surface area contributed by atoms with Crippen molar-refractivity contribution in [2.45, 2.75) is 39.3 Å². The molecule has 1 saturated heterocycles. The van der Waals surface area contributed by atoms with Crippen LogP contribution in [-0.2, 0) is 14.3 Å². The van der Waals surface area contributed by atoms with Gasteiger partial charge in [-0.25, -0.2) is 19.6 Å². The molecule has 4 atom stereocenters. The van der Waals surface area contributed by atoms with Crippen LogP contribution in [-0.4, -0.2) is 54.3 Å². The lowest BCUT2D eigenvalue weighted by Crippen LogP contribution is -2.58. The maximum Gasteiger partial charge on any atom is 0.428 e. The van der Waals surface area contributed by atoms with Crippen molar-refractivity contribution in [2.75, 3.05) is 14.2 Å². The lowest BCUT2D eigenvalue weighted by Gasteiger charge is -2.40. The summed E-state index contributed by atoms with van der Waals surface area (Å²) in [7, 11) is 2.54. The third-order valence-electron chi connectivity index (χ3n) is 5.08. The van der Waals surface area contributed by atoms with Crippen LogP contribution in [0.4, 0.5) is 9.59 Å². The van der Waals surface area contributed by atoms with Gasteiger partial charge in [0.25, 0.3) is 0 Å². The van der Waals surface area contributed by atoms with Crippen molar-refractivity contribution in [2.24, 2.45) is 17.3 Å². The molecule has 0 aromatic heterocycles. The van der Waals surface area contributed by atoms with E-state index in [1.165, 1.54) is 24.2 Å². The second-order valence-corrected chi connectivity index (χ2v) is 7.30. The van der Waals surface area contributed by atoms with E-state index in [2.05, 4.69) is 0 Å². The molecule has 2 amide bonds. The molecule has 23 heavy (non-hydrogen) atoms. The van der Waals surface area contributed by atoms with Crippen LogP contribution in [0.1, 0.15) is 27.2 Å².